The van der Waals surface area contributed by atoms with Crippen LogP contribution < -0.4 is 0 Å². The predicted octanol–water partition coefficient (Wildman–Crippen LogP) is 1.62. The lowest BCUT2D eigenvalue weighted by atomic mass is 10.1. The van der Waals surface area contributed by atoms with Gasteiger partial charge in [0.25, 0.3) is 11.6 Å². The fraction of sp³-hybridized carbons (Fsp3) is 0.375. The van der Waals surface area contributed by atoms with Gasteiger partial charge in [-0.05, 0) is 30.9 Å². The molecule has 0 aliphatic heterocycles. The van der Waals surface area contributed by atoms with Crippen molar-refractivity contribution >= 4 is 11.6 Å². The van der Waals surface area contributed by atoms with Crippen molar-refractivity contribution in [3.8, 4) is 5.69 Å². The number of nitro benzene ring substituents is 1. The first kappa shape index (κ1) is 16.1. The Balaban J connectivity index is 1.84. The number of likely N-dealkylation sites (N-methyl/N-ethyl adjacent to an activating group) is 1. The molecule has 1 atom stereocenters. The number of aliphatic hydroxyl groups excluding tert-OH is 1. The van der Waals surface area contributed by atoms with Gasteiger partial charge in [0, 0.05) is 37.6 Å². The molecule has 1 heterocycles. The summed E-state index contributed by atoms with van der Waals surface area (Å²) in [6, 6.07) is 4.33. The summed E-state index contributed by atoms with van der Waals surface area (Å²) in [5, 5.41) is 21.3. The van der Waals surface area contributed by atoms with E-state index >= 15 is 0 Å². The molecule has 0 spiro atoms. The summed E-state index contributed by atoms with van der Waals surface area (Å²) in [6.45, 7) is 0.223. The second-order valence-corrected chi connectivity index (χ2v) is 6.02. The maximum Gasteiger partial charge on any atom is 0.294 e. The highest BCUT2D eigenvalue weighted by atomic mass is 16.6. The van der Waals surface area contributed by atoms with E-state index in [0.717, 1.165) is 12.8 Å². The zero-order chi connectivity index (χ0) is 17.3. The van der Waals surface area contributed by atoms with Crippen molar-refractivity contribution in [2.75, 3.05) is 13.6 Å². The van der Waals surface area contributed by atoms with Gasteiger partial charge in [-0.3, -0.25) is 14.9 Å². The molecule has 3 rings (SSSR count). The lowest BCUT2D eigenvalue weighted by Gasteiger charge is -2.21. The minimum Gasteiger partial charge on any atom is -0.391 e. The number of rotatable bonds is 6. The van der Waals surface area contributed by atoms with Crippen molar-refractivity contribution in [1.29, 1.82) is 0 Å². The van der Waals surface area contributed by atoms with Gasteiger partial charge in [0.1, 0.15) is 5.69 Å². The van der Waals surface area contributed by atoms with Gasteiger partial charge in [-0.25, -0.2) is 4.98 Å². The molecule has 8 nitrogen and oxygen atoms in total. The molecule has 1 aromatic heterocycles. The number of imidazole rings is 1. The molecule has 1 N–H and O–H groups in total. The number of hydrogen-bond donors (Lipinski definition) is 1. The minimum absolute atomic E-state index is 0.171. The predicted molar refractivity (Wildman–Crippen MR) is 85.9 cm³/mol. The molecule has 0 bridgehead atoms. The Hall–Kier alpha value is -2.74. The largest absolute Gasteiger partial charge is 0.391 e. The van der Waals surface area contributed by atoms with Crippen LogP contribution in [0.15, 0.2) is 36.9 Å². The number of carbonyl (C=O) groups excluding carboxylic acids is 1. The standard InChI is InChI=1S/C16H18N4O4/c1-18(9-15(21)11-2-3-11)16(22)12-4-5-13(14(8-12)20(23)24)19-7-6-17-10-19/h4-8,10-11,15,21H,2-3,9H2,1H3. The summed E-state index contributed by atoms with van der Waals surface area (Å²) in [5.41, 5.74) is 0.390. The van der Waals surface area contributed by atoms with Crippen molar-refractivity contribution in [2.45, 2.75) is 18.9 Å². The van der Waals surface area contributed by atoms with Gasteiger partial charge >= 0.3 is 0 Å². The molecule has 1 saturated carbocycles. The molecule has 1 aliphatic rings. The number of nitro groups is 1. The topological polar surface area (TPSA) is 102 Å². The highest BCUT2D eigenvalue weighted by Gasteiger charge is 2.31. The molecule has 1 amide bonds. The van der Waals surface area contributed by atoms with Gasteiger partial charge in [0.05, 0.1) is 17.4 Å². The average molecular weight is 330 g/mol. The zero-order valence-corrected chi connectivity index (χ0v) is 13.2. The molecular formula is C16H18N4O4. The van der Waals surface area contributed by atoms with E-state index in [-0.39, 0.29) is 29.6 Å². The third kappa shape index (κ3) is 3.28. The third-order valence-corrected chi connectivity index (χ3v) is 4.18. The van der Waals surface area contributed by atoms with Crippen LogP contribution >= 0.6 is 0 Å². The third-order valence-electron chi connectivity index (χ3n) is 4.18. The van der Waals surface area contributed by atoms with E-state index in [1.165, 1.54) is 34.1 Å². The molecule has 126 valence electrons. The summed E-state index contributed by atoms with van der Waals surface area (Å²) < 4.78 is 1.52. The minimum atomic E-state index is -0.542. The van der Waals surface area contributed by atoms with Crippen LogP contribution in [0.1, 0.15) is 23.2 Å². The number of nitrogens with zero attached hydrogens (tertiary/aromatic N) is 4. The van der Waals surface area contributed by atoms with Crippen LogP contribution in [0.3, 0.4) is 0 Å². The lowest BCUT2D eigenvalue weighted by molar-refractivity contribution is -0.384. The summed E-state index contributed by atoms with van der Waals surface area (Å²) in [5.74, 6) is -0.0896. The SMILES string of the molecule is CN(CC(O)C1CC1)C(=O)c1ccc(-n2ccnc2)c([N+](=O)[O-])c1. The highest BCUT2D eigenvalue weighted by Crippen LogP contribution is 2.33. The summed E-state index contributed by atoms with van der Waals surface area (Å²) in [7, 11) is 1.59. The Morgan fingerprint density at radius 1 is 1.54 bits per heavy atom. The molecule has 1 aliphatic carbocycles. The van der Waals surface area contributed by atoms with E-state index in [9.17, 15) is 20.0 Å². The van der Waals surface area contributed by atoms with Crippen LogP contribution in [0.4, 0.5) is 5.69 Å². The van der Waals surface area contributed by atoms with Crippen molar-refractivity contribution in [3.05, 3.63) is 52.6 Å². The van der Waals surface area contributed by atoms with Gasteiger partial charge in [-0.2, -0.15) is 0 Å². The first-order chi connectivity index (χ1) is 11.5. The lowest BCUT2D eigenvalue weighted by Crippen LogP contribution is -2.35. The highest BCUT2D eigenvalue weighted by molar-refractivity contribution is 5.95. The Kier molecular flexibility index (Phi) is 4.30. The number of carbonyl (C=O) groups is 1. The van der Waals surface area contributed by atoms with Crippen molar-refractivity contribution < 1.29 is 14.8 Å². The van der Waals surface area contributed by atoms with Crippen LogP contribution in [-0.4, -0.2) is 50.1 Å². The maximum atomic E-state index is 12.5. The van der Waals surface area contributed by atoms with E-state index in [2.05, 4.69) is 4.98 Å². The van der Waals surface area contributed by atoms with Gasteiger partial charge in [-0.1, -0.05) is 0 Å². The molecule has 2 aromatic rings. The second-order valence-electron chi connectivity index (χ2n) is 6.02. The van der Waals surface area contributed by atoms with Crippen molar-refractivity contribution in [3.63, 3.8) is 0 Å². The van der Waals surface area contributed by atoms with Crippen molar-refractivity contribution in [1.82, 2.24) is 14.5 Å². The fourth-order valence-corrected chi connectivity index (χ4v) is 2.64. The molecular weight excluding hydrogens is 312 g/mol. The Morgan fingerprint density at radius 3 is 2.88 bits per heavy atom. The number of amides is 1. The maximum absolute atomic E-state index is 12.5. The Morgan fingerprint density at radius 2 is 2.29 bits per heavy atom. The molecule has 0 saturated heterocycles. The van der Waals surface area contributed by atoms with E-state index in [1.807, 2.05) is 0 Å². The number of hydrogen-bond acceptors (Lipinski definition) is 5. The van der Waals surface area contributed by atoms with Crippen molar-refractivity contribution in [2.24, 2.45) is 5.92 Å². The van der Waals surface area contributed by atoms with Crippen LogP contribution in [-0.2, 0) is 0 Å². The van der Waals surface area contributed by atoms with E-state index in [4.69, 9.17) is 0 Å². The molecule has 1 fully saturated rings. The van der Waals surface area contributed by atoms with Gasteiger partial charge in [-0.15, -0.1) is 0 Å². The number of aliphatic hydroxyl groups is 1. The van der Waals surface area contributed by atoms with Crippen LogP contribution in [0.5, 0.6) is 0 Å². The van der Waals surface area contributed by atoms with E-state index in [1.54, 1.807) is 19.3 Å². The van der Waals surface area contributed by atoms with E-state index < -0.39 is 11.0 Å². The number of benzene rings is 1. The summed E-state index contributed by atoms with van der Waals surface area (Å²) in [4.78, 5) is 28.6. The van der Waals surface area contributed by atoms with Crippen LogP contribution in [0, 0.1) is 16.0 Å². The molecule has 24 heavy (non-hydrogen) atoms. The molecule has 8 heteroatoms. The quantitative estimate of drug-likeness (QED) is 0.640. The normalized spacial score (nSPS) is 15.1. The fourth-order valence-electron chi connectivity index (χ4n) is 2.64. The molecule has 1 aromatic carbocycles. The zero-order valence-electron chi connectivity index (χ0n) is 13.2. The average Bonchev–Trinajstić information content (AvgIpc) is 3.28. The van der Waals surface area contributed by atoms with Crippen LogP contribution in [0.2, 0.25) is 0 Å². The summed E-state index contributed by atoms with van der Waals surface area (Å²) in [6.07, 6.45) is 6.00. The van der Waals surface area contributed by atoms with E-state index in [0.29, 0.717) is 5.69 Å². The molecule has 0 radical (unpaired) electrons. The molecule has 1 unspecified atom stereocenters. The number of aromatic nitrogens is 2. The van der Waals surface area contributed by atoms with Crippen LogP contribution in [0.25, 0.3) is 5.69 Å². The smallest absolute Gasteiger partial charge is 0.294 e. The van der Waals surface area contributed by atoms with Gasteiger partial charge < -0.3 is 14.6 Å². The summed E-state index contributed by atoms with van der Waals surface area (Å²) >= 11 is 0. The monoisotopic (exact) mass is 330 g/mol. The Labute approximate surface area is 138 Å². The first-order valence-corrected chi connectivity index (χ1v) is 7.67. The second kappa shape index (κ2) is 6.40. The van der Waals surface area contributed by atoms with Gasteiger partial charge in [0.2, 0.25) is 0 Å². The Bertz CT molecular complexity index is 755. The first-order valence-electron chi connectivity index (χ1n) is 7.67. The van der Waals surface area contributed by atoms with Gasteiger partial charge in [0.15, 0.2) is 0 Å².